The van der Waals surface area contributed by atoms with Gasteiger partial charge in [-0.25, -0.2) is 0 Å². The molecule has 1 unspecified atom stereocenters. The molecule has 1 fully saturated rings. The topological polar surface area (TPSA) is 85.3 Å². The number of carbonyl (C=O) groups excluding carboxylic acids is 2. The lowest BCUT2D eigenvalue weighted by molar-refractivity contribution is -0.140. The molecule has 1 N–H and O–H groups in total. The Morgan fingerprint density at radius 2 is 1.67 bits per heavy atom. The maximum atomic E-state index is 13.4. The van der Waals surface area contributed by atoms with Crippen LogP contribution in [0.15, 0.2) is 78.4 Å². The number of nitrogens with zero attached hydrogens (tertiary/aromatic N) is 1. The van der Waals surface area contributed by atoms with Gasteiger partial charge in [0.25, 0.3) is 11.7 Å². The van der Waals surface area contributed by atoms with E-state index in [0.717, 1.165) is 24.8 Å². The van der Waals surface area contributed by atoms with Crippen LogP contribution >= 0.6 is 0 Å². The third-order valence-corrected chi connectivity index (χ3v) is 6.70. The van der Waals surface area contributed by atoms with E-state index in [1.54, 1.807) is 37.4 Å². The summed E-state index contributed by atoms with van der Waals surface area (Å²) in [7, 11) is 1.56. The van der Waals surface area contributed by atoms with Crippen LogP contribution in [0.5, 0.6) is 17.2 Å². The van der Waals surface area contributed by atoms with Crippen molar-refractivity contribution >= 4 is 17.4 Å². The first-order valence-corrected chi connectivity index (χ1v) is 13.3. The highest BCUT2D eigenvalue weighted by Gasteiger charge is 2.46. The van der Waals surface area contributed by atoms with E-state index in [2.05, 4.69) is 6.92 Å². The van der Waals surface area contributed by atoms with Crippen LogP contribution in [0.3, 0.4) is 0 Å². The maximum absolute atomic E-state index is 13.4. The summed E-state index contributed by atoms with van der Waals surface area (Å²) < 4.78 is 17.0. The smallest absolute Gasteiger partial charge is 0.295 e. The molecule has 1 aliphatic heterocycles. The van der Waals surface area contributed by atoms with Crippen LogP contribution in [-0.2, 0) is 16.1 Å². The number of carbonyl (C=O) groups is 2. The van der Waals surface area contributed by atoms with E-state index in [9.17, 15) is 14.7 Å². The molecule has 0 bridgehead atoms. The summed E-state index contributed by atoms with van der Waals surface area (Å²) in [4.78, 5) is 28.3. The largest absolute Gasteiger partial charge is 0.507 e. The summed E-state index contributed by atoms with van der Waals surface area (Å²) in [6.07, 6.45) is 3.17. The molecule has 0 radical (unpaired) electrons. The summed E-state index contributed by atoms with van der Waals surface area (Å²) in [6.45, 7) is 5.23. The Morgan fingerprint density at radius 1 is 0.897 bits per heavy atom. The van der Waals surface area contributed by atoms with Crippen LogP contribution in [-0.4, -0.2) is 42.0 Å². The number of unbranched alkanes of at least 4 members (excludes halogenated alkanes) is 2. The Kier molecular flexibility index (Phi) is 9.26. The van der Waals surface area contributed by atoms with Crippen LogP contribution in [0.1, 0.15) is 55.8 Å². The number of ketones is 1. The van der Waals surface area contributed by atoms with Crippen molar-refractivity contribution in [3.05, 3.63) is 95.1 Å². The molecule has 4 rings (SSSR count). The van der Waals surface area contributed by atoms with Crippen LogP contribution in [0.25, 0.3) is 5.76 Å². The Bertz CT molecular complexity index is 1330. The third kappa shape index (κ3) is 6.25. The van der Waals surface area contributed by atoms with Gasteiger partial charge in [-0.15, -0.1) is 0 Å². The van der Waals surface area contributed by atoms with Gasteiger partial charge >= 0.3 is 0 Å². The second-order valence-corrected chi connectivity index (χ2v) is 9.32. The van der Waals surface area contributed by atoms with Crippen molar-refractivity contribution in [1.82, 2.24) is 4.90 Å². The Hall–Kier alpha value is -4.26. The lowest BCUT2D eigenvalue weighted by Crippen LogP contribution is -2.29. The van der Waals surface area contributed by atoms with E-state index in [1.807, 2.05) is 49.4 Å². The van der Waals surface area contributed by atoms with E-state index in [1.165, 1.54) is 4.90 Å². The first-order valence-electron chi connectivity index (χ1n) is 13.3. The highest BCUT2D eigenvalue weighted by atomic mass is 16.5. The minimum atomic E-state index is -0.819. The van der Waals surface area contributed by atoms with Crippen molar-refractivity contribution in [2.24, 2.45) is 0 Å². The highest BCUT2D eigenvalue weighted by Crippen LogP contribution is 2.42. The Labute approximate surface area is 229 Å². The van der Waals surface area contributed by atoms with E-state index in [0.29, 0.717) is 41.6 Å². The zero-order valence-electron chi connectivity index (χ0n) is 22.7. The lowest BCUT2D eigenvalue weighted by Gasteiger charge is -2.26. The first kappa shape index (κ1) is 27.8. The fourth-order valence-corrected chi connectivity index (χ4v) is 4.75. The SMILES string of the molecule is CCCCCOc1ccc(/C(O)=C2/C(=O)C(=O)N(Cc3ccccc3OC)C2c2cccc(OCC)c2)cc1. The minimum absolute atomic E-state index is 0.0279. The summed E-state index contributed by atoms with van der Waals surface area (Å²) >= 11 is 0. The lowest BCUT2D eigenvalue weighted by atomic mass is 9.95. The van der Waals surface area contributed by atoms with Crippen molar-refractivity contribution in [2.45, 2.75) is 45.7 Å². The predicted octanol–water partition coefficient (Wildman–Crippen LogP) is 6.28. The van der Waals surface area contributed by atoms with Crippen molar-refractivity contribution in [3.63, 3.8) is 0 Å². The molecule has 39 heavy (non-hydrogen) atoms. The zero-order valence-corrected chi connectivity index (χ0v) is 22.7. The van der Waals surface area contributed by atoms with Gasteiger partial charge in [0.1, 0.15) is 23.0 Å². The monoisotopic (exact) mass is 529 g/mol. The van der Waals surface area contributed by atoms with Crippen LogP contribution in [0.4, 0.5) is 0 Å². The van der Waals surface area contributed by atoms with Gasteiger partial charge in [-0.1, -0.05) is 50.1 Å². The van der Waals surface area contributed by atoms with Crippen molar-refractivity contribution < 1.29 is 28.9 Å². The van der Waals surface area contributed by atoms with E-state index < -0.39 is 17.7 Å². The average molecular weight is 530 g/mol. The molecule has 204 valence electrons. The van der Waals surface area contributed by atoms with Gasteiger partial charge in [-0.2, -0.15) is 0 Å². The molecule has 3 aromatic rings. The summed E-state index contributed by atoms with van der Waals surface area (Å²) in [6, 6.07) is 20.7. The van der Waals surface area contributed by atoms with Gasteiger partial charge in [0.2, 0.25) is 0 Å². The van der Waals surface area contributed by atoms with E-state index in [4.69, 9.17) is 14.2 Å². The second kappa shape index (κ2) is 13.0. The number of ether oxygens (including phenoxy) is 3. The number of hydrogen-bond donors (Lipinski definition) is 1. The molecule has 1 aliphatic rings. The van der Waals surface area contributed by atoms with Gasteiger partial charge in [0.15, 0.2) is 0 Å². The highest BCUT2D eigenvalue weighted by molar-refractivity contribution is 6.46. The van der Waals surface area contributed by atoms with Gasteiger partial charge in [-0.3, -0.25) is 9.59 Å². The molecule has 0 saturated carbocycles. The number of methoxy groups -OCH3 is 1. The summed E-state index contributed by atoms with van der Waals surface area (Å²) in [5.41, 5.74) is 1.86. The van der Waals surface area contributed by atoms with E-state index >= 15 is 0 Å². The fraction of sp³-hybridized carbons (Fsp3) is 0.312. The van der Waals surface area contributed by atoms with Gasteiger partial charge < -0.3 is 24.2 Å². The molecule has 1 atom stereocenters. The number of hydrogen-bond acceptors (Lipinski definition) is 6. The van der Waals surface area contributed by atoms with Crippen LogP contribution in [0, 0.1) is 0 Å². The van der Waals surface area contributed by atoms with Crippen LogP contribution in [0.2, 0.25) is 0 Å². The van der Waals surface area contributed by atoms with E-state index in [-0.39, 0.29) is 17.9 Å². The molecule has 1 saturated heterocycles. The Morgan fingerprint density at radius 3 is 2.38 bits per heavy atom. The number of rotatable bonds is 12. The molecule has 1 heterocycles. The molecule has 0 aromatic heterocycles. The summed E-state index contributed by atoms with van der Waals surface area (Å²) in [5.74, 6) is 0.234. The number of likely N-dealkylation sites (tertiary alicyclic amines) is 1. The third-order valence-electron chi connectivity index (χ3n) is 6.70. The normalized spacial score (nSPS) is 16.4. The van der Waals surface area contributed by atoms with Crippen molar-refractivity contribution in [1.29, 1.82) is 0 Å². The van der Waals surface area contributed by atoms with Gasteiger partial charge in [-0.05, 0) is 61.4 Å². The molecule has 7 nitrogen and oxygen atoms in total. The molecule has 1 amide bonds. The van der Waals surface area contributed by atoms with Gasteiger partial charge in [0, 0.05) is 11.1 Å². The molecule has 0 spiro atoms. The predicted molar refractivity (Wildman–Crippen MR) is 150 cm³/mol. The number of amides is 1. The van der Waals surface area contributed by atoms with Crippen molar-refractivity contribution in [3.8, 4) is 17.2 Å². The maximum Gasteiger partial charge on any atom is 0.295 e. The Balaban J connectivity index is 1.75. The number of benzene rings is 3. The molecule has 7 heteroatoms. The quantitative estimate of drug-likeness (QED) is 0.129. The van der Waals surface area contributed by atoms with Crippen molar-refractivity contribution in [2.75, 3.05) is 20.3 Å². The minimum Gasteiger partial charge on any atom is -0.507 e. The molecular formula is C32H35NO6. The number of Topliss-reactive ketones (excluding diaryl/α,β-unsaturated/α-hetero) is 1. The second-order valence-electron chi connectivity index (χ2n) is 9.32. The molecule has 0 aliphatic carbocycles. The number of aliphatic hydroxyl groups is 1. The first-order chi connectivity index (χ1) is 19.0. The standard InChI is InChI=1S/C32H35NO6/c1-4-6-9-19-39-25-17-15-22(16-18-25)30(34)28-29(23-12-10-13-26(20-23)38-5-2)33(32(36)31(28)35)21-24-11-7-8-14-27(24)37-3/h7-8,10-18,20,29,34H,4-6,9,19,21H2,1-3H3/b30-28-. The number of aliphatic hydroxyl groups excluding tert-OH is 1. The van der Waals surface area contributed by atoms with Gasteiger partial charge in [0.05, 0.1) is 38.5 Å². The molecule has 3 aromatic carbocycles. The van der Waals surface area contributed by atoms with Crippen LogP contribution < -0.4 is 14.2 Å². The number of para-hydroxylation sites is 1. The zero-order chi connectivity index (χ0) is 27.8. The fourth-order valence-electron chi connectivity index (χ4n) is 4.75. The molecular weight excluding hydrogens is 494 g/mol. The summed E-state index contributed by atoms with van der Waals surface area (Å²) in [5, 5.41) is 11.4. The average Bonchev–Trinajstić information content (AvgIpc) is 3.21.